The van der Waals surface area contributed by atoms with Crippen LogP contribution < -0.4 is 5.32 Å². The molecular formula is C6H10N4. The quantitative estimate of drug-likeness (QED) is 0.328. The van der Waals surface area contributed by atoms with Crippen molar-refractivity contribution in [1.29, 1.82) is 0 Å². The Kier molecular flexibility index (Phi) is 1.13. The first kappa shape index (κ1) is 6.01. The Labute approximate surface area is 59.2 Å². The van der Waals surface area contributed by atoms with Gasteiger partial charge in [0, 0.05) is 24.0 Å². The van der Waals surface area contributed by atoms with Crippen molar-refractivity contribution in [1.82, 2.24) is 5.32 Å². The Morgan fingerprint density at radius 3 is 2.60 bits per heavy atom. The van der Waals surface area contributed by atoms with E-state index >= 15 is 0 Å². The van der Waals surface area contributed by atoms with Crippen LogP contribution in [0, 0.1) is 5.41 Å². The van der Waals surface area contributed by atoms with Gasteiger partial charge in [-0.2, -0.15) is 0 Å². The predicted molar refractivity (Wildman–Crippen MR) is 37.5 cm³/mol. The lowest BCUT2D eigenvalue weighted by atomic mass is 9.62. The average molecular weight is 138 g/mol. The fourth-order valence-corrected chi connectivity index (χ4v) is 1.86. The average Bonchev–Trinajstić information content (AvgIpc) is 1.72. The third kappa shape index (κ3) is 0.696. The van der Waals surface area contributed by atoms with Crippen LogP contribution in [0.3, 0.4) is 0 Å². The maximum absolute atomic E-state index is 8.11. The smallest absolute Gasteiger partial charge is 0.0386 e. The van der Waals surface area contributed by atoms with Gasteiger partial charge in [-0.05, 0) is 23.8 Å². The minimum atomic E-state index is 0.298. The first-order valence-corrected chi connectivity index (χ1v) is 3.60. The standard InChI is InChI=1S/C6H10N4/c7-10-9-5-1-6(2-5)3-8-4-6/h5,8H,1-4H2. The molecule has 1 aliphatic carbocycles. The van der Waals surface area contributed by atoms with Gasteiger partial charge in [0.2, 0.25) is 0 Å². The highest BCUT2D eigenvalue weighted by atomic mass is 15.2. The number of azide groups is 1. The minimum Gasteiger partial charge on any atom is -0.316 e. The molecule has 0 bridgehead atoms. The van der Waals surface area contributed by atoms with Crippen LogP contribution in [0.5, 0.6) is 0 Å². The third-order valence-corrected chi connectivity index (χ3v) is 2.55. The van der Waals surface area contributed by atoms with Crippen LogP contribution >= 0.6 is 0 Å². The number of hydrogen-bond donors (Lipinski definition) is 1. The second-order valence-corrected chi connectivity index (χ2v) is 3.37. The van der Waals surface area contributed by atoms with Crippen molar-refractivity contribution in [2.45, 2.75) is 18.9 Å². The minimum absolute atomic E-state index is 0.298. The molecule has 2 rings (SSSR count). The number of nitrogens with zero attached hydrogens (tertiary/aromatic N) is 3. The van der Waals surface area contributed by atoms with Crippen LogP contribution in [0.2, 0.25) is 0 Å². The first-order valence-electron chi connectivity index (χ1n) is 3.60. The summed E-state index contributed by atoms with van der Waals surface area (Å²) >= 11 is 0. The first-order chi connectivity index (χ1) is 4.85. The zero-order valence-electron chi connectivity index (χ0n) is 5.75. The maximum Gasteiger partial charge on any atom is 0.0386 e. The van der Waals surface area contributed by atoms with Gasteiger partial charge in [-0.25, -0.2) is 0 Å². The maximum atomic E-state index is 8.11. The fourth-order valence-electron chi connectivity index (χ4n) is 1.86. The molecule has 4 heteroatoms. The van der Waals surface area contributed by atoms with Crippen molar-refractivity contribution in [2.75, 3.05) is 13.1 Å². The fraction of sp³-hybridized carbons (Fsp3) is 1.00. The molecule has 0 atom stereocenters. The summed E-state index contributed by atoms with van der Waals surface area (Å²) in [5.74, 6) is 0. The molecule has 0 amide bonds. The molecule has 0 aromatic rings. The van der Waals surface area contributed by atoms with Gasteiger partial charge in [-0.1, -0.05) is 5.11 Å². The van der Waals surface area contributed by atoms with Crippen molar-refractivity contribution in [3.8, 4) is 0 Å². The molecule has 0 unspecified atom stereocenters. The number of nitrogens with one attached hydrogen (secondary N) is 1. The second kappa shape index (κ2) is 1.87. The van der Waals surface area contributed by atoms with E-state index in [-0.39, 0.29) is 0 Å². The van der Waals surface area contributed by atoms with Gasteiger partial charge in [0.05, 0.1) is 0 Å². The van der Waals surface area contributed by atoms with E-state index in [0.717, 1.165) is 25.9 Å². The van der Waals surface area contributed by atoms with E-state index in [1.807, 2.05) is 0 Å². The Morgan fingerprint density at radius 2 is 2.20 bits per heavy atom. The SMILES string of the molecule is [N-]=[N+]=NC1CC2(CNC2)C1. The summed E-state index contributed by atoms with van der Waals surface area (Å²) in [6, 6.07) is 0.298. The molecule has 10 heavy (non-hydrogen) atoms. The van der Waals surface area contributed by atoms with Gasteiger partial charge in [-0.3, -0.25) is 0 Å². The van der Waals surface area contributed by atoms with Gasteiger partial charge in [0.25, 0.3) is 0 Å². The molecule has 1 saturated heterocycles. The van der Waals surface area contributed by atoms with E-state index in [0.29, 0.717) is 11.5 Å². The van der Waals surface area contributed by atoms with E-state index in [1.165, 1.54) is 0 Å². The molecule has 2 fully saturated rings. The van der Waals surface area contributed by atoms with Gasteiger partial charge < -0.3 is 5.32 Å². The summed E-state index contributed by atoms with van der Waals surface area (Å²) in [6.07, 6.45) is 2.20. The van der Waals surface area contributed by atoms with Crippen LogP contribution in [0.25, 0.3) is 10.4 Å². The largest absolute Gasteiger partial charge is 0.316 e. The molecule has 1 spiro atoms. The Hall–Kier alpha value is -0.730. The highest BCUT2D eigenvalue weighted by Crippen LogP contribution is 2.45. The van der Waals surface area contributed by atoms with Gasteiger partial charge in [0.1, 0.15) is 0 Å². The molecule has 4 nitrogen and oxygen atoms in total. The van der Waals surface area contributed by atoms with Crippen LogP contribution in [0.15, 0.2) is 5.11 Å². The van der Waals surface area contributed by atoms with Crippen LogP contribution in [-0.2, 0) is 0 Å². The Morgan fingerprint density at radius 1 is 1.50 bits per heavy atom. The molecule has 1 saturated carbocycles. The summed E-state index contributed by atoms with van der Waals surface area (Å²) in [7, 11) is 0. The van der Waals surface area contributed by atoms with Gasteiger partial charge in [0.15, 0.2) is 0 Å². The Balaban J connectivity index is 1.87. The van der Waals surface area contributed by atoms with Gasteiger partial charge >= 0.3 is 0 Å². The molecule has 0 aromatic heterocycles. The summed E-state index contributed by atoms with van der Waals surface area (Å²) in [6.45, 7) is 2.26. The highest BCUT2D eigenvalue weighted by Gasteiger charge is 2.47. The van der Waals surface area contributed by atoms with E-state index in [4.69, 9.17) is 5.53 Å². The van der Waals surface area contributed by atoms with Crippen molar-refractivity contribution >= 4 is 0 Å². The van der Waals surface area contributed by atoms with E-state index < -0.39 is 0 Å². The van der Waals surface area contributed by atoms with Crippen molar-refractivity contribution in [3.05, 3.63) is 10.4 Å². The number of rotatable bonds is 1. The predicted octanol–water partition coefficient (Wildman–Crippen LogP) is 1.05. The lowest BCUT2D eigenvalue weighted by molar-refractivity contribution is 0.0395. The van der Waals surface area contributed by atoms with Crippen LogP contribution in [0.4, 0.5) is 0 Å². The monoisotopic (exact) mass is 138 g/mol. The number of hydrogen-bond acceptors (Lipinski definition) is 2. The molecule has 1 N–H and O–H groups in total. The molecule has 54 valence electrons. The second-order valence-electron chi connectivity index (χ2n) is 3.37. The zero-order chi connectivity index (χ0) is 7.03. The molecule has 1 aliphatic heterocycles. The third-order valence-electron chi connectivity index (χ3n) is 2.55. The van der Waals surface area contributed by atoms with Crippen LogP contribution in [-0.4, -0.2) is 19.1 Å². The molecular weight excluding hydrogens is 128 g/mol. The molecule has 0 radical (unpaired) electrons. The topological polar surface area (TPSA) is 60.8 Å². The molecule has 1 heterocycles. The summed E-state index contributed by atoms with van der Waals surface area (Å²) < 4.78 is 0. The molecule has 0 aromatic carbocycles. The van der Waals surface area contributed by atoms with E-state index in [2.05, 4.69) is 15.3 Å². The van der Waals surface area contributed by atoms with Crippen molar-refractivity contribution < 1.29 is 0 Å². The summed E-state index contributed by atoms with van der Waals surface area (Å²) in [5.41, 5.74) is 8.65. The van der Waals surface area contributed by atoms with Crippen molar-refractivity contribution in [3.63, 3.8) is 0 Å². The van der Waals surface area contributed by atoms with Crippen LogP contribution in [0.1, 0.15) is 12.8 Å². The summed E-state index contributed by atoms with van der Waals surface area (Å²) in [4.78, 5) is 2.79. The lowest BCUT2D eigenvalue weighted by Crippen LogP contribution is -2.61. The lowest BCUT2D eigenvalue weighted by Gasteiger charge is -2.53. The van der Waals surface area contributed by atoms with E-state index in [1.54, 1.807) is 0 Å². The highest BCUT2D eigenvalue weighted by molar-refractivity contribution is 5.05. The Bertz CT molecular complexity index is 182. The van der Waals surface area contributed by atoms with Gasteiger partial charge in [-0.15, -0.1) is 0 Å². The zero-order valence-corrected chi connectivity index (χ0v) is 5.75. The van der Waals surface area contributed by atoms with Crippen molar-refractivity contribution in [2.24, 2.45) is 10.5 Å². The normalized spacial score (nSPS) is 28.4. The molecule has 2 aliphatic rings. The van der Waals surface area contributed by atoms with E-state index in [9.17, 15) is 0 Å². The summed E-state index contributed by atoms with van der Waals surface area (Å²) in [5, 5.41) is 6.89.